The van der Waals surface area contributed by atoms with E-state index in [1.54, 1.807) is 0 Å². The average Bonchev–Trinajstić information content (AvgIpc) is 2.18. The Hall–Kier alpha value is -0.590. The SMILES string of the molecule is CC1(C)CC2C=CC(CC2)C1=O. The molecule has 1 saturated carbocycles. The number of hydrogen-bond acceptors (Lipinski definition) is 1. The molecule has 66 valence electrons. The van der Waals surface area contributed by atoms with E-state index < -0.39 is 0 Å². The lowest BCUT2D eigenvalue weighted by Gasteiger charge is -2.22. The number of Topliss-reactive ketones (excluding diaryl/α,β-unsaturated/α-hetero) is 1. The molecule has 2 bridgehead atoms. The molecule has 3 aliphatic carbocycles. The third-order valence-electron chi connectivity index (χ3n) is 3.24. The van der Waals surface area contributed by atoms with Crippen molar-refractivity contribution in [1.29, 1.82) is 0 Å². The van der Waals surface area contributed by atoms with Gasteiger partial charge in [-0.25, -0.2) is 0 Å². The molecule has 2 unspecified atom stereocenters. The molecule has 3 rings (SSSR count). The Labute approximate surface area is 73.8 Å². The topological polar surface area (TPSA) is 17.1 Å². The molecule has 0 aliphatic heterocycles. The summed E-state index contributed by atoms with van der Waals surface area (Å²) < 4.78 is 0. The Balaban J connectivity index is 2.34. The molecule has 2 atom stereocenters. The van der Waals surface area contributed by atoms with E-state index in [4.69, 9.17) is 0 Å². The van der Waals surface area contributed by atoms with E-state index in [1.165, 1.54) is 6.42 Å². The van der Waals surface area contributed by atoms with Crippen molar-refractivity contribution in [3.8, 4) is 0 Å². The highest BCUT2D eigenvalue weighted by atomic mass is 16.1. The monoisotopic (exact) mass is 164 g/mol. The van der Waals surface area contributed by atoms with Gasteiger partial charge in [0.2, 0.25) is 0 Å². The highest BCUT2D eigenvalue weighted by Gasteiger charge is 2.39. The number of allylic oxidation sites excluding steroid dienone is 2. The summed E-state index contributed by atoms with van der Waals surface area (Å²) in [6, 6.07) is 0. The molecule has 0 amide bonds. The highest BCUT2D eigenvalue weighted by molar-refractivity contribution is 5.88. The zero-order chi connectivity index (χ0) is 8.77. The Morgan fingerprint density at radius 2 is 2.08 bits per heavy atom. The summed E-state index contributed by atoms with van der Waals surface area (Å²) in [6.07, 6.45) is 7.74. The van der Waals surface area contributed by atoms with Gasteiger partial charge in [0.1, 0.15) is 5.78 Å². The largest absolute Gasteiger partial charge is 0.298 e. The van der Waals surface area contributed by atoms with Gasteiger partial charge in [0, 0.05) is 11.3 Å². The first-order chi connectivity index (χ1) is 5.59. The van der Waals surface area contributed by atoms with Crippen molar-refractivity contribution in [3.05, 3.63) is 12.2 Å². The van der Waals surface area contributed by atoms with Crippen LogP contribution in [0.5, 0.6) is 0 Å². The molecule has 0 saturated heterocycles. The second-order valence-electron chi connectivity index (χ2n) is 4.78. The standard InChI is InChI=1S/C11H16O/c1-11(2)7-8-3-5-9(6-4-8)10(11)12/h3,5,8-9H,4,6-7H2,1-2H3. The van der Waals surface area contributed by atoms with E-state index in [9.17, 15) is 4.79 Å². The molecule has 3 aliphatic rings. The predicted molar refractivity (Wildman–Crippen MR) is 48.8 cm³/mol. The van der Waals surface area contributed by atoms with Crippen LogP contribution in [0.2, 0.25) is 0 Å². The lowest BCUT2D eigenvalue weighted by molar-refractivity contribution is -0.129. The summed E-state index contributed by atoms with van der Waals surface area (Å²) >= 11 is 0. The van der Waals surface area contributed by atoms with Crippen LogP contribution in [-0.4, -0.2) is 5.78 Å². The van der Waals surface area contributed by atoms with Gasteiger partial charge >= 0.3 is 0 Å². The second kappa shape index (κ2) is 2.45. The summed E-state index contributed by atoms with van der Waals surface area (Å²) in [5.41, 5.74) is -0.0741. The van der Waals surface area contributed by atoms with Gasteiger partial charge in [-0.2, -0.15) is 0 Å². The molecule has 0 aromatic rings. The average molecular weight is 164 g/mol. The Kier molecular flexibility index (Phi) is 1.64. The number of rotatable bonds is 0. The lowest BCUT2D eigenvalue weighted by Crippen LogP contribution is -2.27. The van der Waals surface area contributed by atoms with Crippen molar-refractivity contribution in [2.24, 2.45) is 17.3 Å². The van der Waals surface area contributed by atoms with Gasteiger partial charge in [-0.1, -0.05) is 26.0 Å². The van der Waals surface area contributed by atoms with Gasteiger partial charge in [0.25, 0.3) is 0 Å². The maximum atomic E-state index is 11.9. The molecular formula is C11H16O. The minimum absolute atomic E-state index is 0.0741. The zero-order valence-corrected chi connectivity index (χ0v) is 7.84. The minimum Gasteiger partial charge on any atom is -0.298 e. The van der Waals surface area contributed by atoms with Crippen LogP contribution in [0.3, 0.4) is 0 Å². The Morgan fingerprint density at radius 3 is 2.67 bits per heavy atom. The molecule has 12 heavy (non-hydrogen) atoms. The molecule has 1 heteroatoms. The zero-order valence-electron chi connectivity index (χ0n) is 7.84. The number of ketones is 1. The third kappa shape index (κ3) is 1.12. The number of hydrogen-bond donors (Lipinski definition) is 0. The fraction of sp³-hybridized carbons (Fsp3) is 0.727. The van der Waals surface area contributed by atoms with Crippen molar-refractivity contribution < 1.29 is 4.79 Å². The van der Waals surface area contributed by atoms with E-state index in [0.29, 0.717) is 11.7 Å². The fourth-order valence-electron chi connectivity index (χ4n) is 2.52. The van der Waals surface area contributed by atoms with E-state index >= 15 is 0 Å². The van der Waals surface area contributed by atoms with Crippen LogP contribution in [0.4, 0.5) is 0 Å². The van der Waals surface area contributed by atoms with E-state index in [1.807, 2.05) is 0 Å². The van der Waals surface area contributed by atoms with Gasteiger partial charge < -0.3 is 0 Å². The summed E-state index contributed by atoms with van der Waals surface area (Å²) in [6.45, 7) is 4.18. The van der Waals surface area contributed by atoms with Crippen LogP contribution in [-0.2, 0) is 4.79 Å². The fourth-order valence-corrected chi connectivity index (χ4v) is 2.52. The van der Waals surface area contributed by atoms with Gasteiger partial charge in [-0.15, -0.1) is 0 Å². The molecule has 0 N–H and O–H groups in total. The van der Waals surface area contributed by atoms with Crippen LogP contribution < -0.4 is 0 Å². The number of fused-ring (bicyclic) bond motifs is 3. The van der Waals surface area contributed by atoms with Crippen LogP contribution in [0.1, 0.15) is 33.1 Å². The second-order valence-corrected chi connectivity index (χ2v) is 4.78. The number of carbonyl (C=O) groups excluding carboxylic acids is 1. The molecule has 0 aromatic heterocycles. The smallest absolute Gasteiger partial charge is 0.145 e. The maximum absolute atomic E-state index is 11.9. The molecule has 1 fully saturated rings. The first-order valence-corrected chi connectivity index (χ1v) is 4.82. The predicted octanol–water partition coefficient (Wildman–Crippen LogP) is 2.57. The summed E-state index contributed by atoms with van der Waals surface area (Å²) in [7, 11) is 0. The van der Waals surface area contributed by atoms with Crippen LogP contribution in [0.25, 0.3) is 0 Å². The molecule has 0 radical (unpaired) electrons. The minimum atomic E-state index is -0.0741. The van der Waals surface area contributed by atoms with Gasteiger partial charge in [0.15, 0.2) is 0 Å². The van der Waals surface area contributed by atoms with Gasteiger partial charge in [-0.3, -0.25) is 4.79 Å². The lowest BCUT2D eigenvalue weighted by atomic mass is 9.80. The maximum Gasteiger partial charge on any atom is 0.145 e. The molecule has 0 spiro atoms. The van der Waals surface area contributed by atoms with Crippen LogP contribution in [0, 0.1) is 17.3 Å². The summed E-state index contributed by atoms with van der Waals surface area (Å²) in [5.74, 6) is 1.36. The van der Waals surface area contributed by atoms with Crippen molar-refractivity contribution in [2.45, 2.75) is 33.1 Å². The van der Waals surface area contributed by atoms with E-state index in [-0.39, 0.29) is 11.3 Å². The van der Waals surface area contributed by atoms with Gasteiger partial charge in [-0.05, 0) is 25.2 Å². The Morgan fingerprint density at radius 1 is 1.33 bits per heavy atom. The van der Waals surface area contributed by atoms with E-state index in [0.717, 1.165) is 12.8 Å². The highest BCUT2D eigenvalue weighted by Crippen LogP contribution is 2.41. The van der Waals surface area contributed by atoms with Crippen molar-refractivity contribution >= 4 is 5.78 Å². The van der Waals surface area contributed by atoms with Crippen LogP contribution in [0.15, 0.2) is 12.2 Å². The molecular weight excluding hydrogens is 148 g/mol. The first-order valence-electron chi connectivity index (χ1n) is 4.82. The first kappa shape index (κ1) is 8.03. The summed E-state index contributed by atoms with van der Waals surface area (Å²) in [5, 5.41) is 0. The Bertz CT molecular complexity index is 237. The molecule has 1 nitrogen and oxygen atoms in total. The number of carbonyl (C=O) groups is 1. The quantitative estimate of drug-likeness (QED) is 0.503. The van der Waals surface area contributed by atoms with E-state index in [2.05, 4.69) is 26.0 Å². The molecule has 0 aromatic carbocycles. The van der Waals surface area contributed by atoms with Gasteiger partial charge in [0.05, 0.1) is 0 Å². The normalized spacial score (nSPS) is 38.3. The molecule has 0 heterocycles. The van der Waals surface area contributed by atoms with Crippen molar-refractivity contribution in [2.75, 3.05) is 0 Å². The third-order valence-corrected chi connectivity index (χ3v) is 3.24. The van der Waals surface area contributed by atoms with Crippen molar-refractivity contribution in [3.63, 3.8) is 0 Å². The van der Waals surface area contributed by atoms with Crippen molar-refractivity contribution in [1.82, 2.24) is 0 Å². The van der Waals surface area contributed by atoms with Crippen LogP contribution >= 0.6 is 0 Å². The summed E-state index contributed by atoms with van der Waals surface area (Å²) in [4.78, 5) is 11.9.